The first kappa shape index (κ1) is 19.2. The topological polar surface area (TPSA) is 40.5 Å². The van der Waals surface area contributed by atoms with Crippen LogP contribution in [0.3, 0.4) is 0 Å². The molecule has 3 aromatic carbocycles. The summed E-state index contributed by atoms with van der Waals surface area (Å²) in [4.78, 5) is 15.0. The van der Waals surface area contributed by atoms with Crippen LogP contribution in [-0.4, -0.2) is 15.9 Å². The van der Waals surface area contributed by atoms with Crippen molar-refractivity contribution in [1.82, 2.24) is 4.90 Å². The number of rotatable bonds is 5. The number of phenolic OH excluding ortho intramolecular Hbond substituents is 1. The molecule has 0 unspecified atom stereocenters. The molecule has 0 aliphatic carbocycles. The molecule has 0 spiro atoms. The number of amides is 1. The molecule has 3 aromatic rings. The summed E-state index contributed by atoms with van der Waals surface area (Å²) in [6, 6.07) is 23.4. The van der Waals surface area contributed by atoms with Gasteiger partial charge in [0.05, 0.1) is 7.14 Å². The highest BCUT2D eigenvalue weighted by Crippen LogP contribution is 2.28. The maximum absolute atomic E-state index is 13.2. The molecule has 0 radical (unpaired) electrons. The van der Waals surface area contributed by atoms with Crippen molar-refractivity contribution in [1.29, 1.82) is 0 Å². The molecule has 132 valence electrons. The molecular weight excluding hydrogens is 552 g/mol. The Morgan fingerprint density at radius 3 is 1.65 bits per heavy atom. The molecule has 0 aromatic heterocycles. The Hall–Kier alpha value is -1.61. The van der Waals surface area contributed by atoms with Gasteiger partial charge in [0.25, 0.3) is 5.91 Å². The highest BCUT2D eigenvalue weighted by atomic mass is 127. The van der Waals surface area contributed by atoms with Gasteiger partial charge < -0.3 is 10.0 Å². The van der Waals surface area contributed by atoms with E-state index in [1.165, 1.54) is 0 Å². The average Bonchev–Trinajstić information content (AvgIpc) is 2.66. The van der Waals surface area contributed by atoms with E-state index in [2.05, 4.69) is 45.2 Å². The lowest BCUT2D eigenvalue weighted by atomic mass is 10.1. The zero-order chi connectivity index (χ0) is 18.5. The summed E-state index contributed by atoms with van der Waals surface area (Å²) < 4.78 is 1.36. The van der Waals surface area contributed by atoms with Crippen molar-refractivity contribution in [2.24, 2.45) is 0 Å². The van der Waals surface area contributed by atoms with Gasteiger partial charge in [-0.25, -0.2) is 0 Å². The number of phenols is 1. The standard InChI is InChI=1S/C21H17I2NO2/c22-18-11-17(12-19(23)20(18)25)21(26)24(13-15-7-3-1-4-8-15)14-16-9-5-2-6-10-16/h1-12,25H,13-14H2. The van der Waals surface area contributed by atoms with Crippen LogP contribution < -0.4 is 0 Å². The Bertz CT molecular complexity index is 834. The van der Waals surface area contributed by atoms with E-state index >= 15 is 0 Å². The molecule has 0 saturated heterocycles. The van der Waals surface area contributed by atoms with Gasteiger partial charge in [0.15, 0.2) is 0 Å². The Balaban J connectivity index is 1.92. The zero-order valence-corrected chi connectivity index (χ0v) is 18.2. The molecule has 26 heavy (non-hydrogen) atoms. The summed E-state index contributed by atoms with van der Waals surface area (Å²) in [6.07, 6.45) is 0. The van der Waals surface area contributed by atoms with Gasteiger partial charge in [-0.05, 0) is 68.4 Å². The predicted molar refractivity (Wildman–Crippen MR) is 120 cm³/mol. The maximum atomic E-state index is 13.2. The van der Waals surface area contributed by atoms with Crippen molar-refractivity contribution < 1.29 is 9.90 Å². The van der Waals surface area contributed by atoms with E-state index in [1.807, 2.05) is 65.6 Å². The first-order valence-electron chi connectivity index (χ1n) is 8.09. The summed E-state index contributed by atoms with van der Waals surface area (Å²) in [5, 5.41) is 9.98. The van der Waals surface area contributed by atoms with Gasteiger partial charge in [0, 0.05) is 18.7 Å². The van der Waals surface area contributed by atoms with E-state index in [-0.39, 0.29) is 11.7 Å². The number of aromatic hydroxyl groups is 1. The molecule has 0 heterocycles. The van der Waals surface area contributed by atoms with Gasteiger partial charge in [-0.1, -0.05) is 60.7 Å². The number of benzene rings is 3. The van der Waals surface area contributed by atoms with Crippen molar-refractivity contribution in [3.63, 3.8) is 0 Å². The monoisotopic (exact) mass is 569 g/mol. The molecule has 0 bridgehead atoms. The summed E-state index contributed by atoms with van der Waals surface area (Å²) in [5.41, 5.74) is 2.75. The van der Waals surface area contributed by atoms with E-state index in [0.29, 0.717) is 25.8 Å². The van der Waals surface area contributed by atoms with Crippen molar-refractivity contribution in [3.05, 3.63) is 96.6 Å². The molecule has 0 atom stereocenters. The van der Waals surface area contributed by atoms with E-state index in [9.17, 15) is 9.90 Å². The Labute approximate surface area is 180 Å². The summed E-state index contributed by atoms with van der Waals surface area (Å²) in [7, 11) is 0. The number of carbonyl (C=O) groups excluding carboxylic acids is 1. The fourth-order valence-electron chi connectivity index (χ4n) is 2.68. The highest BCUT2D eigenvalue weighted by Gasteiger charge is 2.19. The largest absolute Gasteiger partial charge is 0.506 e. The molecule has 5 heteroatoms. The van der Waals surface area contributed by atoms with Crippen LogP contribution >= 0.6 is 45.2 Å². The van der Waals surface area contributed by atoms with Crippen molar-refractivity contribution >= 4 is 51.1 Å². The minimum Gasteiger partial charge on any atom is -0.506 e. The molecule has 0 aliphatic heterocycles. The van der Waals surface area contributed by atoms with Crippen molar-refractivity contribution in [3.8, 4) is 5.75 Å². The van der Waals surface area contributed by atoms with Crippen LogP contribution in [0.2, 0.25) is 0 Å². The van der Waals surface area contributed by atoms with E-state index in [4.69, 9.17) is 0 Å². The fraction of sp³-hybridized carbons (Fsp3) is 0.0952. The molecule has 0 fully saturated rings. The van der Waals surface area contributed by atoms with Gasteiger partial charge >= 0.3 is 0 Å². The number of hydrogen-bond donors (Lipinski definition) is 1. The number of hydrogen-bond acceptors (Lipinski definition) is 2. The van der Waals surface area contributed by atoms with Crippen LogP contribution in [0.25, 0.3) is 0 Å². The quantitative estimate of drug-likeness (QED) is 0.416. The van der Waals surface area contributed by atoms with Gasteiger partial charge in [-0.2, -0.15) is 0 Å². The van der Waals surface area contributed by atoms with Gasteiger partial charge in [-0.15, -0.1) is 0 Å². The highest BCUT2D eigenvalue weighted by molar-refractivity contribution is 14.1. The molecule has 0 aliphatic rings. The molecule has 1 N–H and O–H groups in total. The van der Waals surface area contributed by atoms with E-state index < -0.39 is 0 Å². The minimum absolute atomic E-state index is 0.0476. The first-order valence-corrected chi connectivity index (χ1v) is 10.3. The second-order valence-corrected chi connectivity index (χ2v) is 8.25. The molecule has 0 saturated carbocycles. The predicted octanol–water partition coefficient (Wildman–Crippen LogP) is 5.44. The lowest BCUT2D eigenvalue weighted by molar-refractivity contribution is 0.0730. The second kappa shape index (κ2) is 8.85. The number of nitrogens with zero attached hydrogens (tertiary/aromatic N) is 1. The first-order chi connectivity index (χ1) is 12.5. The zero-order valence-electron chi connectivity index (χ0n) is 13.9. The second-order valence-electron chi connectivity index (χ2n) is 5.92. The maximum Gasteiger partial charge on any atom is 0.254 e. The van der Waals surface area contributed by atoms with Gasteiger partial charge in [0.2, 0.25) is 0 Å². The summed E-state index contributed by atoms with van der Waals surface area (Å²) in [6.45, 7) is 1.06. The number of carbonyl (C=O) groups is 1. The lowest BCUT2D eigenvalue weighted by Crippen LogP contribution is -2.30. The smallest absolute Gasteiger partial charge is 0.254 e. The normalized spacial score (nSPS) is 10.5. The van der Waals surface area contributed by atoms with Crippen molar-refractivity contribution in [2.45, 2.75) is 13.1 Å². The van der Waals surface area contributed by atoms with Crippen molar-refractivity contribution in [2.75, 3.05) is 0 Å². The lowest BCUT2D eigenvalue weighted by Gasteiger charge is -2.23. The van der Waals surface area contributed by atoms with Crippen LogP contribution in [-0.2, 0) is 13.1 Å². The Morgan fingerprint density at radius 1 is 0.808 bits per heavy atom. The number of halogens is 2. The minimum atomic E-state index is -0.0476. The third-order valence-corrected chi connectivity index (χ3v) is 5.63. The van der Waals surface area contributed by atoms with Crippen LogP contribution in [0.1, 0.15) is 21.5 Å². The average molecular weight is 569 g/mol. The van der Waals surface area contributed by atoms with Crippen LogP contribution in [0.15, 0.2) is 72.8 Å². The Morgan fingerprint density at radius 2 is 1.23 bits per heavy atom. The Kier molecular flexibility index (Phi) is 6.53. The third kappa shape index (κ3) is 4.76. The van der Waals surface area contributed by atoms with Crippen LogP contribution in [0.4, 0.5) is 0 Å². The van der Waals surface area contributed by atoms with Gasteiger partial charge in [0.1, 0.15) is 5.75 Å². The van der Waals surface area contributed by atoms with E-state index in [1.54, 1.807) is 12.1 Å². The SMILES string of the molecule is O=C(c1cc(I)c(O)c(I)c1)N(Cc1ccccc1)Cc1ccccc1. The third-order valence-electron chi connectivity index (χ3n) is 3.98. The van der Waals surface area contributed by atoms with E-state index in [0.717, 1.165) is 11.1 Å². The molecule has 3 nitrogen and oxygen atoms in total. The van der Waals surface area contributed by atoms with Gasteiger partial charge in [-0.3, -0.25) is 4.79 Å². The van der Waals surface area contributed by atoms with Crippen LogP contribution in [0, 0.1) is 7.14 Å². The molecule has 3 rings (SSSR count). The fourth-order valence-corrected chi connectivity index (χ4v) is 4.45. The van der Waals surface area contributed by atoms with Crippen LogP contribution in [0.5, 0.6) is 5.75 Å². The molecular formula is C21H17I2NO2. The molecule has 1 amide bonds. The summed E-state index contributed by atoms with van der Waals surface area (Å²) in [5.74, 6) is 0.175. The summed E-state index contributed by atoms with van der Waals surface area (Å²) >= 11 is 4.11.